The Morgan fingerprint density at radius 1 is 0.405 bits per heavy atom. The van der Waals surface area contributed by atoms with Crippen LogP contribution in [0.1, 0.15) is 51.4 Å². The molecule has 4 rings (SSSR count). The van der Waals surface area contributed by atoms with Gasteiger partial charge in [-0.25, -0.2) is 0 Å². The van der Waals surface area contributed by atoms with Crippen molar-refractivity contribution in [2.24, 2.45) is 0 Å². The molecule has 4 N–H and O–H groups in total. The van der Waals surface area contributed by atoms with Crippen LogP contribution in [0.4, 0.5) is 0 Å². The Balaban J connectivity index is 0.000000463. The molecule has 4 fully saturated rings. The summed E-state index contributed by atoms with van der Waals surface area (Å²) in [4.78, 5) is 8.34. The van der Waals surface area contributed by atoms with Crippen molar-refractivity contribution < 1.29 is 21.1 Å². The number of thiocarbonyl (C=S) groups is 4. The van der Waals surface area contributed by atoms with Gasteiger partial charge in [0.2, 0.25) is 0 Å². The Kier molecular flexibility index (Phi) is 22.0. The van der Waals surface area contributed by atoms with Crippen molar-refractivity contribution in [3.63, 3.8) is 0 Å². The van der Waals surface area contributed by atoms with Crippen LogP contribution in [0.3, 0.4) is 0 Å². The molecule has 0 amide bonds. The Bertz CT molecular complexity index is 573. The Labute approximate surface area is 261 Å². The number of nitrogens with one attached hydrogen (secondary N) is 4. The van der Waals surface area contributed by atoms with Crippen LogP contribution in [0.25, 0.3) is 0 Å². The molecule has 0 saturated carbocycles. The van der Waals surface area contributed by atoms with Gasteiger partial charge in [-0.3, -0.25) is 0 Å². The largest absolute Gasteiger partial charge is 0.363 e. The second-order valence-corrected chi connectivity index (χ2v) is 11.0. The minimum atomic E-state index is 0. The van der Waals surface area contributed by atoms with Crippen LogP contribution in [0.5, 0.6) is 0 Å². The van der Waals surface area contributed by atoms with Gasteiger partial charge in [-0.05, 0) is 100 Å². The molecule has 4 saturated heterocycles. The van der Waals surface area contributed by atoms with E-state index in [0.29, 0.717) is 0 Å². The quantitative estimate of drug-likeness (QED) is 0.274. The van der Waals surface area contributed by atoms with E-state index < -0.39 is 0 Å². The van der Waals surface area contributed by atoms with Crippen molar-refractivity contribution in [3.8, 4) is 0 Å². The third-order valence-electron chi connectivity index (χ3n) is 6.17. The first-order chi connectivity index (χ1) is 17.2. The van der Waals surface area contributed by atoms with E-state index in [4.69, 9.17) is 48.9 Å². The third-order valence-corrected chi connectivity index (χ3v) is 8.00. The fourth-order valence-corrected chi connectivity index (χ4v) is 4.40. The predicted molar refractivity (Wildman–Crippen MR) is 170 cm³/mol. The van der Waals surface area contributed by atoms with Gasteiger partial charge in [-0.15, -0.1) is 0 Å². The normalized spacial score (nSPS) is 20.4. The molecule has 218 valence electrons. The second-order valence-electron chi connectivity index (χ2n) is 9.44. The van der Waals surface area contributed by atoms with Crippen LogP contribution >= 0.6 is 48.9 Å². The van der Waals surface area contributed by atoms with Crippen molar-refractivity contribution in [1.29, 1.82) is 0 Å². The van der Waals surface area contributed by atoms with E-state index in [1.807, 2.05) is 28.2 Å². The molecule has 0 radical (unpaired) electrons. The van der Waals surface area contributed by atoms with Crippen LogP contribution in [0.2, 0.25) is 0 Å². The second kappa shape index (κ2) is 22.3. The topological polar surface area (TPSA) is 61.1 Å². The molecule has 8 nitrogen and oxygen atoms in total. The van der Waals surface area contributed by atoms with E-state index in [1.54, 1.807) is 0 Å². The number of hydrogen-bond donors (Lipinski definition) is 4. The molecule has 4 heterocycles. The van der Waals surface area contributed by atoms with E-state index in [2.05, 4.69) is 40.9 Å². The Morgan fingerprint density at radius 3 is 0.784 bits per heavy atom. The maximum atomic E-state index is 5.03. The van der Waals surface area contributed by atoms with Gasteiger partial charge in [0.15, 0.2) is 20.4 Å². The molecule has 0 aromatic rings. The van der Waals surface area contributed by atoms with Crippen molar-refractivity contribution in [2.75, 3.05) is 80.5 Å². The standard InChI is InChI=1S/4C6H12N2S.Pt/c4*1-8-5-3-2-4-7-6(8)9;/h4*2-5H2,1H3,(H,7,9);. The van der Waals surface area contributed by atoms with Crippen molar-refractivity contribution in [1.82, 2.24) is 40.9 Å². The van der Waals surface area contributed by atoms with Crippen LogP contribution in [-0.4, -0.2) is 121 Å². The third kappa shape index (κ3) is 17.6. The smallest absolute Gasteiger partial charge is 0.168 e. The molecule has 0 aliphatic carbocycles. The fraction of sp³-hybridized carbons (Fsp3) is 0.833. The maximum absolute atomic E-state index is 5.03. The van der Waals surface area contributed by atoms with Gasteiger partial charge in [0, 0.05) is 102 Å². The predicted octanol–water partition coefficient (Wildman–Crippen LogP) is 2.34. The van der Waals surface area contributed by atoms with Gasteiger partial charge in [0.25, 0.3) is 0 Å². The molecule has 0 bridgehead atoms. The molecule has 4 aliphatic rings. The number of hydrogen-bond acceptors (Lipinski definition) is 4. The molecule has 0 unspecified atom stereocenters. The first-order valence-electron chi connectivity index (χ1n) is 13.2. The summed E-state index contributed by atoms with van der Waals surface area (Å²) in [6.45, 7) is 8.59. The van der Waals surface area contributed by atoms with Crippen molar-refractivity contribution in [2.45, 2.75) is 51.4 Å². The van der Waals surface area contributed by atoms with Crippen LogP contribution in [-0.2, 0) is 21.1 Å². The summed E-state index contributed by atoms with van der Waals surface area (Å²) in [7, 11) is 8.11. The molecule has 0 aromatic heterocycles. The van der Waals surface area contributed by atoms with Gasteiger partial charge >= 0.3 is 0 Å². The van der Waals surface area contributed by atoms with Crippen LogP contribution in [0.15, 0.2) is 0 Å². The van der Waals surface area contributed by atoms with Gasteiger partial charge in [-0.2, -0.15) is 0 Å². The van der Waals surface area contributed by atoms with E-state index in [-0.39, 0.29) is 21.1 Å². The van der Waals surface area contributed by atoms with Crippen molar-refractivity contribution >= 4 is 69.3 Å². The molecule has 0 aromatic carbocycles. The maximum Gasteiger partial charge on any atom is 0.168 e. The minimum absolute atomic E-state index is 0. The number of rotatable bonds is 0. The Morgan fingerprint density at radius 2 is 0.595 bits per heavy atom. The van der Waals surface area contributed by atoms with E-state index in [0.717, 1.165) is 72.8 Å². The first-order valence-corrected chi connectivity index (χ1v) is 14.8. The summed E-state index contributed by atoms with van der Waals surface area (Å²) < 4.78 is 0. The van der Waals surface area contributed by atoms with Gasteiger partial charge < -0.3 is 40.9 Å². The first kappa shape index (κ1) is 36.4. The summed E-state index contributed by atoms with van der Waals surface area (Å²) in [6.07, 6.45) is 9.98. The molecular weight excluding hydrogens is 724 g/mol. The van der Waals surface area contributed by atoms with E-state index in [1.165, 1.54) is 51.4 Å². The summed E-state index contributed by atoms with van der Waals surface area (Å²) in [5.74, 6) is 0. The molecule has 13 heteroatoms. The van der Waals surface area contributed by atoms with Crippen LogP contribution < -0.4 is 21.3 Å². The summed E-state index contributed by atoms with van der Waals surface area (Å²) in [5, 5.41) is 16.2. The SMILES string of the molecule is CN1CCCCNC1=S.CN1CCCCNC1=S.CN1CCCCNC1=S.CN1CCCCNC1=S.[Pt]. The van der Waals surface area contributed by atoms with Crippen LogP contribution in [0, 0.1) is 0 Å². The van der Waals surface area contributed by atoms with Gasteiger partial charge in [0.05, 0.1) is 0 Å². The van der Waals surface area contributed by atoms with Gasteiger partial charge in [0.1, 0.15) is 0 Å². The zero-order valence-corrected chi connectivity index (χ0v) is 28.6. The molecular formula is C24H48N8PtS4. The average Bonchev–Trinajstić information content (AvgIpc) is 3.34. The molecule has 37 heavy (non-hydrogen) atoms. The summed E-state index contributed by atoms with van der Waals surface area (Å²) >= 11 is 20.1. The number of nitrogens with zero attached hydrogens (tertiary/aromatic N) is 4. The average molecular weight is 772 g/mol. The van der Waals surface area contributed by atoms with E-state index >= 15 is 0 Å². The zero-order valence-electron chi connectivity index (χ0n) is 23.1. The van der Waals surface area contributed by atoms with Gasteiger partial charge in [-0.1, -0.05) is 0 Å². The Hall–Kier alpha value is -0.552. The molecule has 0 atom stereocenters. The minimum Gasteiger partial charge on any atom is -0.363 e. The zero-order chi connectivity index (χ0) is 26.8. The summed E-state index contributed by atoms with van der Waals surface area (Å²) in [5.41, 5.74) is 0. The molecule has 4 aliphatic heterocycles. The van der Waals surface area contributed by atoms with Crippen molar-refractivity contribution in [3.05, 3.63) is 0 Å². The monoisotopic (exact) mass is 771 g/mol. The fourth-order valence-electron chi connectivity index (χ4n) is 3.62. The molecule has 0 spiro atoms. The van der Waals surface area contributed by atoms with E-state index in [9.17, 15) is 0 Å². The summed E-state index contributed by atoms with van der Waals surface area (Å²) in [6, 6.07) is 0.